The molecule has 1 N–H and O–H groups in total. The Bertz CT molecular complexity index is 503. The number of aryl methyl sites for hydroxylation is 1. The van der Waals surface area contributed by atoms with E-state index >= 15 is 0 Å². The van der Waals surface area contributed by atoms with Crippen LogP contribution in [0.15, 0.2) is 24.3 Å². The normalized spacial score (nSPS) is 18.9. The monoisotopic (exact) mass is 316 g/mol. The molecule has 4 nitrogen and oxygen atoms in total. The Hall–Kier alpha value is -1.55. The van der Waals surface area contributed by atoms with Gasteiger partial charge in [-0.3, -0.25) is 4.79 Å². The highest BCUT2D eigenvalue weighted by Crippen LogP contribution is 2.28. The summed E-state index contributed by atoms with van der Waals surface area (Å²) < 4.78 is 5.16. The largest absolute Gasteiger partial charge is 0.497 e. The predicted molar refractivity (Wildman–Crippen MR) is 91.6 cm³/mol. The molecule has 3 rings (SSSR count). The zero-order valence-corrected chi connectivity index (χ0v) is 14.1. The number of amides is 1. The summed E-state index contributed by atoms with van der Waals surface area (Å²) in [5.41, 5.74) is 1.19. The molecular formula is C19H28N2O2. The van der Waals surface area contributed by atoms with E-state index in [4.69, 9.17) is 4.74 Å². The lowest BCUT2D eigenvalue weighted by molar-refractivity contribution is -0.132. The van der Waals surface area contributed by atoms with Crippen molar-refractivity contribution in [2.75, 3.05) is 26.7 Å². The van der Waals surface area contributed by atoms with Gasteiger partial charge < -0.3 is 15.0 Å². The highest BCUT2D eigenvalue weighted by Gasteiger charge is 2.25. The van der Waals surface area contributed by atoms with Gasteiger partial charge in [0.2, 0.25) is 5.91 Å². The van der Waals surface area contributed by atoms with Crippen molar-refractivity contribution in [1.29, 1.82) is 0 Å². The Balaban J connectivity index is 1.36. The van der Waals surface area contributed by atoms with Gasteiger partial charge in [0.1, 0.15) is 5.75 Å². The zero-order chi connectivity index (χ0) is 16.1. The summed E-state index contributed by atoms with van der Waals surface area (Å²) in [5, 5.41) is 3.66. The molecule has 0 bridgehead atoms. The summed E-state index contributed by atoms with van der Waals surface area (Å²) in [4.78, 5) is 14.4. The van der Waals surface area contributed by atoms with Crippen molar-refractivity contribution in [1.82, 2.24) is 10.2 Å². The van der Waals surface area contributed by atoms with Crippen LogP contribution < -0.4 is 10.1 Å². The highest BCUT2D eigenvalue weighted by atomic mass is 16.5. The van der Waals surface area contributed by atoms with Crippen LogP contribution in [0.2, 0.25) is 0 Å². The Morgan fingerprint density at radius 3 is 2.48 bits per heavy atom. The Kier molecular flexibility index (Phi) is 5.55. The van der Waals surface area contributed by atoms with Crippen LogP contribution in [0.5, 0.6) is 5.75 Å². The third kappa shape index (κ3) is 4.96. The number of ether oxygens (including phenoxy) is 1. The first kappa shape index (κ1) is 16.3. The zero-order valence-electron chi connectivity index (χ0n) is 14.1. The summed E-state index contributed by atoms with van der Waals surface area (Å²) in [5.74, 6) is 2.08. The number of piperidine rings is 1. The van der Waals surface area contributed by atoms with Crippen molar-refractivity contribution in [3.63, 3.8) is 0 Å². The quantitative estimate of drug-likeness (QED) is 0.841. The average molecular weight is 316 g/mol. The Labute approximate surface area is 139 Å². The predicted octanol–water partition coefficient (Wildman–Crippen LogP) is 2.62. The van der Waals surface area contributed by atoms with E-state index in [1.54, 1.807) is 7.11 Å². The van der Waals surface area contributed by atoms with Gasteiger partial charge in [-0.05, 0) is 62.3 Å². The van der Waals surface area contributed by atoms with Gasteiger partial charge in [-0.1, -0.05) is 12.1 Å². The maximum atomic E-state index is 12.4. The molecule has 1 amide bonds. The van der Waals surface area contributed by atoms with Crippen LogP contribution in [0.25, 0.3) is 0 Å². The molecule has 0 unspecified atom stereocenters. The summed E-state index contributed by atoms with van der Waals surface area (Å²) >= 11 is 0. The van der Waals surface area contributed by atoms with E-state index in [9.17, 15) is 4.79 Å². The van der Waals surface area contributed by atoms with Gasteiger partial charge in [-0.2, -0.15) is 0 Å². The van der Waals surface area contributed by atoms with Crippen LogP contribution in [0, 0.1) is 5.92 Å². The minimum atomic E-state index is 0.293. The molecule has 23 heavy (non-hydrogen) atoms. The third-order valence-electron chi connectivity index (χ3n) is 5.03. The number of benzene rings is 1. The second-order valence-electron chi connectivity index (χ2n) is 6.85. The van der Waals surface area contributed by atoms with Gasteiger partial charge in [0, 0.05) is 25.6 Å². The van der Waals surface area contributed by atoms with Gasteiger partial charge in [0.25, 0.3) is 0 Å². The number of hydrogen-bond donors (Lipinski definition) is 1. The number of carbonyl (C=O) groups is 1. The summed E-state index contributed by atoms with van der Waals surface area (Å²) in [6, 6.07) is 8.61. The Morgan fingerprint density at radius 1 is 1.17 bits per heavy atom. The number of likely N-dealkylation sites (tertiary alicyclic amines) is 1. The first-order valence-corrected chi connectivity index (χ1v) is 8.88. The second-order valence-corrected chi connectivity index (χ2v) is 6.85. The molecule has 0 atom stereocenters. The molecule has 1 aliphatic heterocycles. The van der Waals surface area contributed by atoms with E-state index in [2.05, 4.69) is 5.32 Å². The first-order chi connectivity index (χ1) is 11.2. The maximum absolute atomic E-state index is 12.4. The van der Waals surface area contributed by atoms with Crippen molar-refractivity contribution < 1.29 is 9.53 Å². The fraction of sp³-hybridized carbons (Fsp3) is 0.632. The molecule has 2 fully saturated rings. The number of hydrogen-bond acceptors (Lipinski definition) is 3. The molecule has 0 aromatic heterocycles. The SMILES string of the molecule is COc1ccc(CCC(=O)N2CCC(NCC3CC3)CC2)cc1. The fourth-order valence-electron chi connectivity index (χ4n) is 3.19. The third-order valence-corrected chi connectivity index (χ3v) is 5.03. The molecule has 0 radical (unpaired) electrons. The van der Waals surface area contributed by atoms with Gasteiger partial charge in [0.05, 0.1) is 7.11 Å². The van der Waals surface area contributed by atoms with Crippen molar-refractivity contribution >= 4 is 5.91 Å². The van der Waals surface area contributed by atoms with Crippen molar-refractivity contribution in [2.24, 2.45) is 5.92 Å². The van der Waals surface area contributed by atoms with E-state index in [0.29, 0.717) is 18.4 Å². The lowest BCUT2D eigenvalue weighted by Crippen LogP contribution is -2.45. The maximum Gasteiger partial charge on any atom is 0.222 e. The van der Waals surface area contributed by atoms with Crippen molar-refractivity contribution in [2.45, 2.75) is 44.6 Å². The van der Waals surface area contributed by atoms with Gasteiger partial charge in [-0.15, -0.1) is 0 Å². The second kappa shape index (κ2) is 7.82. The molecular weight excluding hydrogens is 288 g/mol. The molecule has 1 aromatic carbocycles. The average Bonchev–Trinajstić information content (AvgIpc) is 3.43. The topological polar surface area (TPSA) is 41.6 Å². The van der Waals surface area contributed by atoms with Crippen LogP contribution >= 0.6 is 0 Å². The van der Waals surface area contributed by atoms with Crippen molar-refractivity contribution in [3.05, 3.63) is 29.8 Å². The number of rotatable bonds is 7. The van der Waals surface area contributed by atoms with E-state index < -0.39 is 0 Å². The number of carbonyl (C=O) groups excluding carboxylic acids is 1. The molecule has 126 valence electrons. The lowest BCUT2D eigenvalue weighted by Gasteiger charge is -2.32. The van der Waals surface area contributed by atoms with E-state index in [0.717, 1.165) is 44.0 Å². The van der Waals surface area contributed by atoms with E-state index in [1.807, 2.05) is 29.2 Å². The lowest BCUT2D eigenvalue weighted by atomic mass is 10.0. The number of methoxy groups -OCH3 is 1. The van der Waals surface area contributed by atoms with Crippen LogP contribution in [-0.4, -0.2) is 43.6 Å². The standard InChI is InChI=1S/C19H28N2O2/c1-23-18-7-4-15(5-8-18)6-9-19(22)21-12-10-17(11-13-21)20-14-16-2-3-16/h4-5,7-8,16-17,20H,2-3,6,9-14H2,1H3. The summed E-state index contributed by atoms with van der Waals surface area (Å²) in [6.45, 7) is 2.99. The number of nitrogens with zero attached hydrogens (tertiary/aromatic N) is 1. The molecule has 1 saturated heterocycles. The number of nitrogens with one attached hydrogen (secondary N) is 1. The minimum Gasteiger partial charge on any atom is -0.497 e. The Morgan fingerprint density at radius 2 is 1.87 bits per heavy atom. The van der Waals surface area contributed by atoms with Gasteiger partial charge in [-0.25, -0.2) is 0 Å². The summed E-state index contributed by atoms with van der Waals surface area (Å²) in [7, 11) is 1.67. The molecule has 4 heteroatoms. The molecule has 1 heterocycles. The molecule has 1 aromatic rings. The highest BCUT2D eigenvalue weighted by molar-refractivity contribution is 5.76. The van der Waals surface area contributed by atoms with Crippen LogP contribution in [0.1, 0.15) is 37.7 Å². The minimum absolute atomic E-state index is 0.293. The van der Waals surface area contributed by atoms with Gasteiger partial charge in [0.15, 0.2) is 0 Å². The molecule has 0 spiro atoms. The smallest absolute Gasteiger partial charge is 0.222 e. The van der Waals surface area contributed by atoms with Crippen LogP contribution in [0.3, 0.4) is 0 Å². The van der Waals surface area contributed by atoms with Crippen LogP contribution in [-0.2, 0) is 11.2 Å². The van der Waals surface area contributed by atoms with E-state index in [-0.39, 0.29) is 0 Å². The van der Waals surface area contributed by atoms with Crippen molar-refractivity contribution in [3.8, 4) is 5.75 Å². The van der Waals surface area contributed by atoms with Crippen LogP contribution in [0.4, 0.5) is 0 Å². The molecule has 2 aliphatic rings. The van der Waals surface area contributed by atoms with E-state index in [1.165, 1.54) is 24.9 Å². The molecule has 1 saturated carbocycles. The molecule has 1 aliphatic carbocycles. The summed E-state index contributed by atoms with van der Waals surface area (Å²) in [6.07, 6.45) is 6.41. The fourth-order valence-corrected chi connectivity index (χ4v) is 3.19. The van der Waals surface area contributed by atoms with Gasteiger partial charge >= 0.3 is 0 Å². The first-order valence-electron chi connectivity index (χ1n) is 8.88.